The Morgan fingerprint density at radius 1 is 1.17 bits per heavy atom. The summed E-state index contributed by atoms with van der Waals surface area (Å²) in [5.41, 5.74) is 0.613. The molecule has 0 aromatic heterocycles. The van der Waals surface area contributed by atoms with Gasteiger partial charge in [-0.1, -0.05) is 6.07 Å². The minimum atomic E-state index is -4.03. The topological polar surface area (TPSA) is 143 Å². The summed E-state index contributed by atoms with van der Waals surface area (Å²) in [5, 5.41) is 7.78. The van der Waals surface area contributed by atoms with E-state index in [2.05, 4.69) is 5.32 Å². The Bertz CT molecular complexity index is 1080. The number of amides is 1. The number of ether oxygens (including phenoxy) is 4. The van der Waals surface area contributed by atoms with Gasteiger partial charge in [0.05, 0.1) is 18.0 Å². The lowest BCUT2D eigenvalue weighted by molar-refractivity contribution is -0.124. The van der Waals surface area contributed by atoms with Gasteiger partial charge < -0.3 is 24.3 Å². The number of hydrogen-bond donors (Lipinski definition) is 2. The Labute approximate surface area is 172 Å². The molecule has 1 atom stereocenters. The van der Waals surface area contributed by atoms with Crippen LogP contribution in [0, 0.1) is 0 Å². The third kappa shape index (κ3) is 4.81. The van der Waals surface area contributed by atoms with Crippen LogP contribution in [0.25, 0.3) is 0 Å². The molecule has 1 unspecified atom stereocenters. The molecular formula is C19H20N2O8S. The molecule has 30 heavy (non-hydrogen) atoms. The van der Waals surface area contributed by atoms with Crippen LogP contribution in [0.3, 0.4) is 0 Å². The first-order valence-electron chi connectivity index (χ1n) is 8.76. The molecule has 11 heteroatoms. The molecular weight excluding hydrogens is 416 g/mol. The Morgan fingerprint density at radius 3 is 2.60 bits per heavy atom. The maximum atomic E-state index is 12.3. The number of nitrogens with one attached hydrogen (secondary N) is 1. The number of sulfonamides is 1. The quantitative estimate of drug-likeness (QED) is 0.614. The van der Waals surface area contributed by atoms with Crippen molar-refractivity contribution in [1.82, 2.24) is 5.32 Å². The van der Waals surface area contributed by atoms with Crippen molar-refractivity contribution in [2.24, 2.45) is 5.14 Å². The van der Waals surface area contributed by atoms with Gasteiger partial charge in [-0.3, -0.25) is 4.79 Å². The van der Waals surface area contributed by atoms with E-state index in [1.165, 1.54) is 19.2 Å². The van der Waals surface area contributed by atoms with Crippen LogP contribution >= 0.6 is 0 Å². The number of rotatable bonds is 7. The van der Waals surface area contributed by atoms with Crippen molar-refractivity contribution >= 4 is 21.9 Å². The second-order valence-corrected chi connectivity index (χ2v) is 7.95. The Balaban J connectivity index is 1.62. The van der Waals surface area contributed by atoms with Crippen LogP contribution < -0.4 is 24.7 Å². The van der Waals surface area contributed by atoms with Crippen molar-refractivity contribution in [2.45, 2.75) is 17.9 Å². The third-order valence-electron chi connectivity index (χ3n) is 4.33. The van der Waals surface area contributed by atoms with Crippen molar-refractivity contribution in [3.05, 3.63) is 47.5 Å². The highest BCUT2D eigenvalue weighted by molar-refractivity contribution is 7.89. The minimum Gasteiger partial charge on any atom is -0.496 e. The van der Waals surface area contributed by atoms with Crippen LogP contribution in [0.5, 0.6) is 17.2 Å². The molecule has 1 aliphatic rings. The normalized spacial score (nSPS) is 13.4. The fourth-order valence-electron chi connectivity index (χ4n) is 2.78. The van der Waals surface area contributed by atoms with E-state index >= 15 is 0 Å². The lowest BCUT2D eigenvalue weighted by Gasteiger charge is -2.15. The van der Waals surface area contributed by atoms with E-state index < -0.39 is 28.5 Å². The first-order valence-corrected chi connectivity index (χ1v) is 10.3. The van der Waals surface area contributed by atoms with Gasteiger partial charge in [-0.05, 0) is 42.8 Å². The lowest BCUT2D eigenvalue weighted by Crippen LogP contribution is -2.31. The molecule has 0 fully saturated rings. The maximum absolute atomic E-state index is 12.3. The fourth-order valence-corrected chi connectivity index (χ4v) is 3.32. The second-order valence-electron chi connectivity index (χ2n) is 6.39. The van der Waals surface area contributed by atoms with E-state index in [4.69, 9.17) is 24.1 Å². The van der Waals surface area contributed by atoms with Crippen LogP contribution in [-0.4, -0.2) is 40.8 Å². The van der Waals surface area contributed by atoms with Crippen molar-refractivity contribution in [3.63, 3.8) is 0 Å². The summed E-state index contributed by atoms with van der Waals surface area (Å²) in [7, 11) is -2.72. The monoisotopic (exact) mass is 436 g/mol. The number of methoxy groups -OCH3 is 1. The van der Waals surface area contributed by atoms with Crippen LogP contribution in [0.1, 0.15) is 28.9 Å². The number of esters is 1. The number of carbonyl (C=O) groups is 2. The molecule has 3 N–H and O–H groups in total. The number of nitrogens with two attached hydrogens (primary N) is 1. The zero-order chi connectivity index (χ0) is 21.9. The van der Waals surface area contributed by atoms with E-state index in [1.54, 1.807) is 25.1 Å². The highest BCUT2D eigenvalue weighted by Gasteiger charge is 2.21. The summed E-state index contributed by atoms with van der Waals surface area (Å²) in [5.74, 6) is -0.177. The largest absolute Gasteiger partial charge is 0.496 e. The molecule has 2 aromatic rings. The third-order valence-corrected chi connectivity index (χ3v) is 5.24. The van der Waals surface area contributed by atoms with Crippen molar-refractivity contribution in [2.75, 3.05) is 20.5 Å². The Kier molecular flexibility index (Phi) is 6.13. The van der Waals surface area contributed by atoms with Crippen LogP contribution in [-0.2, 0) is 19.6 Å². The van der Waals surface area contributed by atoms with Crippen LogP contribution in [0.15, 0.2) is 41.3 Å². The standard InChI is InChI=1S/C19H20N2O8S/c1-11(12-3-5-16-17(7-12)29-10-28-16)21-18(22)9-27-19(23)14-8-13(30(20,24)25)4-6-15(14)26-2/h3-8,11H,9-10H2,1-2H3,(H,21,22)(H2,20,24,25). The van der Waals surface area contributed by atoms with Gasteiger partial charge in [0.15, 0.2) is 18.1 Å². The Hall–Kier alpha value is -3.31. The van der Waals surface area contributed by atoms with Crippen molar-refractivity contribution < 1.29 is 37.0 Å². The molecule has 0 saturated heterocycles. The molecule has 1 heterocycles. The predicted octanol–water partition coefficient (Wildman–Crippen LogP) is 1.11. The summed E-state index contributed by atoms with van der Waals surface area (Å²) in [6, 6.07) is 8.40. The van der Waals surface area contributed by atoms with Crippen molar-refractivity contribution in [1.29, 1.82) is 0 Å². The van der Waals surface area contributed by atoms with Crippen LogP contribution in [0.4, 0.5) is 0 Å². The summed E-state index contributed by atoms with van der Waals surface area (Å²) in [6.07, 6.45) is 0. The van der Waals surface area contributed by atoms with Gasteiger partial charge in [0.2, 0.25) is 16.8 Å². The molecule has 1 amide bonds. The number of primary sulfonamides is 1. The number of benzene rings is 2. The van der Waals surface area contributed by atoms with Gasteiger partial charge in [0, 0.05) is 0 Å². The molecule has 160 valence electrons. The second kappa shape index (κ2) is 8.59. The minimum absolute atomic E-state index is 0.0848. The number of carbonyl (C=O) groups excluding carboxylic acids is 2. The lowest BCUT2D eigenvalue weighted by atomic mass is 10.1. The zero-order valence-electron chi connectivity index (χ0n) is 16.2. The van der Waals surface area contributed by atoms with E-state index in [9.17, 15) is 18.0 Å². The average Bonchev–Trinajstić information content (AvgIpc) is 3.18. The summed E-state index contributed by atoms with van der Waals surface area (Å²) in [4.78, 5) is 24.2. The van der Waals surface area contributed by atoms with E-state index in [1.807, 2.05) is 0 Å². The molecule has 0 saturated carbocycles. The molecule has 3 rings (SSSR count). The SMILES string of the molecule is COc1ccc(S(N)(=O)=O)cc1C(=O)OCC(=O)NC(C)c1ccc2c(c1)OCO2. The molecule has 1 aliphatic heterocycles. The summed E-state index contributed by atoms with van der Waals surface area (Å²) < 4.78 is 43.6. The first-order chi connectivity index (χ1) is 14.2. The first kappa shape index (κ1) is 21.4. The van der Waals surface area contributed by atoms with E-state index in [-0.39, 0.29) is 29.0 Å². The van der Waals surface area contributed by atoms with Crippen LogP contribution in [0.2, 0.25) is 0 Å². The average molecular weight is 436 g/mol. The fraction of sp³-hybridized carbons (Fsp3) is 0.263. The number of fused-ring (bicyclic) bond motifs is 1. The maximum Gasteiger partial charge on any atom is 0.342 e. The summed E-state index contributed by atoms with van der Waals surface area (Å²) >= 11 is 0. The van der Waals surface area contributed by atoms with E-state index in [0.717, 1.165) is 11.6 Å². The zero-order valence-corrected chi connectivity index (χ0v) is 17.0. The summed E-state index contributed by atoms with van der Waals surface area (Å²) in [6.45, 7) is 1.33. The highest BCUT2D eigenvalue weighted by Crippen LogP contribution is 2.34. The van der Waals surface area contributed by atoms with Gasteiger partial charge in [-0.25, -0.2) is 18.4 Å². The van der Waals surface area contributed by atoms with Gasteiger partial charge in [0.1, 0.15) is 11.3 Å². The molecule has 0 spiro atoms. The molecule has 0 bridgehead atoms. The van der Waals surface area contributed by atoms with Gasteiger partial charge >= 0.3 is 5.97 Å². The number of hydrogen-bond acceptors (Lipinski definition) is 8. The Morgan fingerprint density at radius 2 is 1.90 bits per heavy atom. The highest BCUT2D eigenvalue weighted by atomic mass is 32.2. The smallest absolute Gasteiger partial charge is 0.342 e. The van der Waals surface area contributed by atoms with Gasteiger partial charge in [-0.2, -0.15) is 0 Å². The van der Waals surface area contributed by atoms with Gasteiger partial charge in [0.25, 0.3) is 5.91 Å². The van der Waals surface area contributed by atoms with Crippen molar-refractivity contribution in [3.8, 4) is 17.2 Å². The van der Waals surface area contributed by atoms with Gasteiger partial charge in [-0.15, -0.1) is 0 Å². The molecule has 0 radical (unpaired) electrons. The van der Waals surface area contributed by atoms with E-state index in [0.29, 0.717) is 11.5 Å². The molecule has 0 aliphatic carbocycles. The predicted molar refractivity (Wildman–Crippen MR) is 104 cm³/mol. The molecule has 10 nitrogen and oxygen atoms in total. The molecule has 2 aromatic carbocycles.